The van der Waals surface area contributed by atoms with Crippen molar-refractivity contribution in [3.8, 4) is 5.75 Å². The van der Waals surface area contributed by atoms with Crippen molar-refractivity contribution in [3.63, 3.8) is 0 Å². The minimum absolute atomic E-state index is 0.216. The van der Waals surface area contributed by atoms with Crippen LogP contribution in [0.15, 0.2) is 52.6 Å². The second-order valence-electron chi connectivity index (χ2n) is 5.46. The molecule has 0 spiro atoms. The van der Waals surface area contributed by atoms with Gasteiger partial charge < -0.3 is 10.1 Å². The third-order valence-corrected chi connectivity index (χ3v) is 4.25. The van der Waals surface area contributed by atoms with E-state index in [0.717, 1.165) is 16.0 Å². The van der Waals surface area contributed by atoms with Crippen LogP contribution in [0, 0.1) is 5.82 Å². The lowest BCUT2D eigenvalue weighted by Crippen LogP contribution is -2.25. The van der Waals surface area contributed by atoms with Crippen LogP contribution in [0.25, 0.3) is 6.08 Å². The number of nitrogens with zero attached hydrogens (tertiary/aromatic N) is 1. The first-order valence-electron chi connectivity index (χ1n) is 7.41. The van der Waals surface area contributed by atoms with Crippen LogP contribution in [0.4, 0.5) is 9.18 Å². The molecular weight excluding hydrogens is 391 g/mol. The fourth-order valence-electron chi connectivity index (χ4n) is 2.30. The summed E-state index contributed by atoms with van der Waals surface area (Å²) < 4.78 is 19.5. The molecule has 2 aromatic rings. The minimum Gasteiger partial charge on any atom is -0.488 e. The van der Waals surface area contributed by atoms with Gasteiger partial charge in [-0.05, 0) is 57.4 Å². The number of carbonyl (C=O) groups is 2. The summed E-state index contributed by atoms with van der Waals surface area (Å²) in [6.45, 7) is 0.232. The molecule has 1 heterocycles. The number of carbonyl (C=O) groups excluding carboxylic acids is 2. The monoisotopic (exact) mass is 404 g/mol. The molecular formula is C18H14BrFN2O3. The summed E-state index contributed by atoms with van der Waals surface area (Å²) >= 11 is 3.41. The van der Waals surface area contributed by atoms with Crippen molar-refractivity contribution in [3.05, 3.63) is 69.6 Å². The maximum Gasteiger partial charge on any atom is 0.328 e. The third kappa shape index (κ3) is 3.88. The van der Waals surface area contributed by atoms with Crippen molar-refractivity contribution in [2.45, 2.75) is 6.61 Å². The number of halogens is 2. The Morgan fingerprint density at radius 2 is 2.04 bits per heavy atom. The highest BCUT2D eigenvalue weighted by atomic mass is 79.9. The van der Waals surface area contributed by atoms with Crippen LogP contribution in [0.2, 0.25) is 0 Å². The quantitative estimate of drug-likeness (QED) is 0.624. The first-order chi connectivity index (χ1) is 11.9. The standard InChI is InChI=1S/C18H14BrFN2O3/c1-22-17(23)15(21-18(22)24)9-11-5-6-16(14(19)8-11)25-10-12-3-2-4-13(20)7-12/h2-9H,10H2,1H3,(H,21,24)/b15-9+. The molecule has 0 radical (unpaired) electrons. The van der Waals surface area contributed by atoms with E-state index in [-0.39, 0.29) is 24.0 Å². The van der Waals surface area contributed by atoms with Gasteiger partial charge in [0.2, 0.25) is 0 Å². The fourth-order valence-corrected chi connectivity index (χ4v) is 2.81. The lowest BCUT2D eigenvalue weighted by atomic mass is 10.2. The van der Waals surface area contributed by atoms with Crippen LogP contribution < -0.4 is 10.1 Å². The van der Waals surface area contributed by atoms with Gasteiger partial charge in [-0.3, -0.25) is 9.69 Å². The molecule has 5 nitrogen and oxygen atoms in total. The molecule has 1 aliphatic heterocycles. The van der Waals surface area contributed by atoms with Crippen LogP contribution in [0.5, 0.6) is 5.75 Å². The maximum absolute atomic E-state index is 13.2. The van der Waals surface area contributed by atoms with Crippen LogP contribution in [0.1, 0.15) is 11.1 Å². The van der Waals surface area contributed by atoms with E-state index in [9.17, 15) is 14.0 Å². The van der Waals surface area contributed by atoms with Gasteiger partial charge in [-0.15, -0.1) is 0 Å². The molecule has 0 bridgehead atoms. The van der Waals surface area contributed by atoms with Crippen LogP contribution in [-0.4, -0.2) is 23.9 Å². The maximum atomic E-state index is 13.2. The van der Waals surface area contributed by atoms with E-state index >= 15 is 0 Å². The molecule has 1 aliphatic rings. The minimum atomic E-state index is -0.453. The number of imide groups is 1. The molecule has 1 N–H and O–H groups in total. The molecule has 1 saturated heterocycles. The largest absolute Gasteiger partial charge is 0.488 e. The van der Waals surface area contributed by atoms with Gasteiger partial charge >= 0.3 is 6.03 Å². The number of nitrogens with one attached hydrogen (secondary N) is 1. The van der Waals surface area contributed by atoms with Crippen molar-refractivity contribution < 1.29 is 18.7 Å². The Morgan fingerprint density at radius 3 is 2.68 bits per heavy atom. The van der Waals surface area contributed by atoms with E-state index in [1.165, 1.54) is 19.2 Å². The second-order valence-corrected chi connectivity index (χ2v) is 6.32. The summed E-state index contributed by atoms with van der Waals surface area (Å²) in [7, 11) is 1.41. The number of amides is 3. The predicted molar refractivity (Wildman–Crippen MR) is 94.2 cm³/mol. The number of urea groups is 1. The average Bonchev–Trinajstić information content (AvgIpc) is 2.81. The molecule has 0 unspecified atom stereocenters. The SMILES string of the molecule is CN1C(=O)N/C(=C/c2ccc(OCc3cccc(F)c3)c(Br)c2)C1=O. The molecule has 1 fully saturated rings. The van der Waals surface area contributed by atoms with Gasteiger partial charge in [-0.1, -0.05) is 18.2 Å². The van der Waals surface area contributed by atoms with Crippen molar-refractivity contribution >= 4 is 33.9 Å². The highest BCUT2D eigenvalue weighted by molar-refractivity contribution is 9.10. The van der Waals surface area contributed by atoms with Crippen molar-refractivity contribution in [2.24, 2.45) is 0 Å². The molecule has 2 aromatic carbocycles. The predicted octanol–water partition coefficient (Wildman–Crippen LogP) is 3.69. The zero-order chi connectivity index (χ0) is 18.0. The summed E-state index contributed by atoms with van der Waals surface area (Å²) in [5.41, 5.74) is 1.66. The molecule has 0 saturated carbocycles. The van der Waals surface area contributed by atoms with Gasteiger partial charge in [-0.25, -0.2) is 9.18 Å². The Labute approximate surface area is 152 Å². The smallest absolute Gasteiger partial charge is 0.328 e. The van der Waals surface area contributed by atoms with Crippen molar-refractivity contribution in [1.82, 2.24) is 10.2 Å². The van der Waals surface area contributed by atoms with Crippen molar-refractivity contribution in [2.75, 3.05) is 7.05 Å². The number of rotatable bonds is 4. The van der Waals surface area contributed by atoms with Gasteiger partial charge in [-0.2, -0.15) is 0 Å². The lowest BCUT2D eigenvalue weighted by molar-refractivity contribution is -0.121. The summed E-state index contributed by atoms with van der Waals surface area (Å²) in [6, 6.07) is 11.0. The molecule has 0 aromatic heterocycles. The summed E-state index contributed by atoms with van der Waals surface area (Å²) in [6.07, 6.45) is 1.59. The summed E-state index contributed by atoms with van der Waals surface area (Å²) in [5.74, 6) is -0.103. The molecule has 25 heavy (non-hydrogen) atoms. The van der Waals surface area contributed by atoms with E-state index < -0.39 is 6.03 Å². The summed E-state index contributed by atoms with van der Waals surface area (Å²) in [4.78, 5) is 24.3. The van der Waals surface area contributed by atoms with Crippen molar-refractivity contribution in [1.29, 1.82) is 0 Å². The van der Waals surface area contributed by atoms with Gasteiger partial charge in [0.25, 0.3) is 5.91 Å². The third-order valence-electron chi connectivity index (χ3n) is 3.63. The first kappa shape index (κ1) is 17.2. The molecule has 0 atom stereocenters. The van der Waals surface area contributed by atoms with E-state index in [1.54, 1.807) is 36.4 Å². The van der Waals surface area contributed by atoms with Gasteiger partial charge in [0.05, 0.1) is 4.47 Å². The number of benzene rings is 2. The van der Waals surface area contributed by atoms with Gasteiger partial charge in [0, 0.05) is 7.05 Å². The fraction of sp³-hybridized carbons (Fsp3) is 0.111. The van der Waals surface area contributed by atoms with E-state index in [0.29, 0.717) is 10.2 Å². The molecule has 3 rings (SSSR count). The molecule has 7 heteroatoms. The summed E-state index contributed by atoms with van der Waals surface area (Å²) in [5, 5.41) is 2.50. The Morgan fingerprint density at radius 1 is 1.24 bits per heavy atom. The topological polar surface area (TPSA) is 58.6 Å². The Hall–Kier alpha value is -2.67. The number of likely N-dealkylation sites (N-methyl/N-ethyl adjacent to an activating group) is 1. The molecule has 3 amide bonds. The first-order valence-corrected chi connectivity index (χ1v) is 8.21. The zero-order valence-electron chi connectivity index (χ0n) is 13.3. The van der Waals surface area contributed by atoms with E-state index in [2.05, 4.69) is 21.2 Å². The van der Waals surface area contributed by atoms with Gasteiger partial charge in [0.1, 0.15) is 23.9 Å². The van der Waals surface area contributed by atoms with Gasteiger partial charge in [0.15, 0.2) is 0 Å². The molecule has 128 valence electrons. The van der Waals surface area contributed by atoms with Crippen LogP contribution >= 0.6 is 15.9 Å². The van der Waals surface area contributed by atoms with Crippen LogP contribution in [0.3, 0.4) is 0 Å². The zero-order valence-corrected chi connectivity index (χ0v) is 14.8. The van der Waals surface area contributed by atoms with Crippen LogP contribution in [-0.2, 0) is 11.4 Å². The lowest BCUT2D eigenvalue weighted by Gasteiger charge is -2.09. The molecule has 0 aliphatic carbocycles. The second kappa shape index (κ2) is 7.06. The Bertz CT molecular complexity index is 882. The van der Waals surface area contributed by atoms with E-state index in [4.69, 9.17) is 4.74 Å². The number of hydrogen-bond donors (Lipinski definition) is 1. The highest BCUT2D eigenvalue weighted by Crippen LogP contribution is 2.28. The highest BCUT2D eigenvalue weighted by Gasteiger charge is 2.29. The number of ether oxygens (including phenoxy) is 1. The number of hydrogen-bond acceptors (Lipinski definition) is 3. The Balaban J connectivity index is 1.73. The van der Waals surface area contributed by atoms with E-state index in [1.807, 2.05) is 0 Å². The Kier molecular flexibility index (Phi) is 4.85. The normalized spacial score (nSPS) is 15.6. The average molecular weight is 405 g/mol.